The predicted molar refractivity (Wildman–Crippen MR) is 101 cm³/mol. The van der Waals surface area contributed by atoms with Gasteiger partial charge in [-0.05, 0) is 38.7 Å². The standard InChI is InChI=1S/C18H26N4O3S/c1-19-26(24,25)16-12-17(22(3)14-16)18(23)20-10-7-11-21(2)13-15-8-5-4-6-9-15/h4-6,8-9,12,14,19H,7,10-11,13H2,1-3H3,(H,20,23). The molecule has 2 N–H and O–H groups in total. The summed E-state index contributed by atoms with van der Waals surface area (Å²) in [7, 11) is 1.48. The van der Waals surface area contributed by atoms with E-state index < -0.39 is 10.0 Å². The Bertz CT molecular complexity index is 831. The first kappa shape index (κ1) is 20.2. The van der Waals surface area contributed by atoms with Crippen molar-refractivity contribution < 1.29 is 13.2 Å². The summed E-state index contributed by atoms with van der Waals surface area (Å²) in [6, 6.07) is 11.6. The topological polar surface area (TPSA) is 83.4 Å². The number of hydrogen-bond donors (Lipinski definition) is 2. The summed E-state index contributed by atoms with van der Waals surface area (Å²) in [6.45, 7) is 2.23. The highest BCUT2D eigenvalue weighted by Crippen LogP contribution is 2.13. The van der Waals surface area contributed by atoms with Crippen LogP contribution in [0.15, 0.2) is 47.5 Å². The molecule has 8 heteroatoms. The van der Waals surface area contributed by atoms with Gasteiger partial charge in [0.15, 0.2) is 0 Å². The zero-order valence-electron chi connectivity index (χ0n) is 15.4. The molecule has 0 unspecified atom stereocenters. The molecule has 0 bridgehead atoms. The third kappa shape index (κ3) is 5.42. The Balaban J connectivity index is 1.80. The molecule has 0 aliphatic heterocycles. The van der Waals surface area contributed by atoms with Gasteiger partial charge in [-0.15, -0.1) is 0 Å². The Labute approximate surface area is 155 Å². The molecule has 0 fully saturated rings. The van der Waals surface area contributed by atoms with Crippen molar-refractivity contribution in [3.8, 4) is 0 Å². The van der Waals surface area contributed by atoms with Crippen molar-refractivity contribution >= 4 is 15.9 Å². The molecule has 0 saturated carbocycles. The lowest BCUT2D eigenvalue weighted by atomic mass is 10.2. The smallest absolute Gasteiger partial charge is 0.267 e. The average Bonchev–Trinajstić information content (AvgIpc) is 3.02. The molecule has 0 spiro atoms. The summed E-state index contributed by atoms with van der Waals surface area (Å²) in [5.74, 6) is -0.282. The first-order chi connectivity index (χ1) is 12.3. The van der Waals surface area contributed by atoms with Gasteiger partial charge in [0.2, 0.25) is 10.0 Å². The molecule has 0 aliphatic carbocycles. The molecule has 26 heavy (non-hydrogen) atoms. The molecule has 0 aliphatic rings. The fourth-order valence-electron chi connectivity index (χ4n) is 2.64. The Kier molecular flexibility index (Phi) is 6.96. The highest BCUT2D eigenvalue weighted by atomic mass is 32.2. The van der Waals surface area contributed by atoms with Gasteiger partial charge < -0.3 is 14.8 Å². The second-order valence-corrected chi connectivity index (χ2v) is 8.10. The van der Waals surface area contributed by atoms with Crippen molar-refractivity contribution in [2.45, 2.75) is 17.9 Å². The summed E-state index contributed by atoms with van der Waals surface area (Å²) >= 11 is 0. The van der Waals surface area contributed by atoms with Crippen LogP contribution < -0.4 is 10.0 Å². The minimum atomic E-state index is -3.56. The van der Waals surface area contributed by atoms with E-state index in [2.05, 4.69) is 27.1 Å². The number of aryl methyl sites for hydroxylation is 1. The second kappa shape index (κ2) is 8.98. The van der Waals surface area contributed by atoms with Gasteiger partial charge >= 0.3 is 0 Å². The normalized spacial score (nSPS) is 11.7. The number of benzene rings is 1. The zero-order chi connectivity index (χ0) is 19.2. The van der Waals surface area contributed by atoms with E-state index in [9.17, 15) is 13.2 Å². The highest BCUT2D eigenvalue weighted by Gasteiger charge is 2.18. The fourth-order valence-corrected chi connectivity index (χ4v) is 3.44. The molecular weight excluding hydrogens is 352 g/mol. The lowest BCUT2D eigenvalue weighted by Gasteiger charge is -2.16. The van der Waals surface area contributed by atoms with Gasteiger partial charge in [0, 0.05) is 26.3 Å². The minimum Gasteiger partial charge on any atom is -0.351 e. The molecule has 2 rings (SSSR count). The molecular formula is C18H26N4O3S. The first-order valence-corrected chi connectivity index (χ1v) is 9.92. The molecule has 1 aromatic heterocycles. The summed E-state index contributed by atoms with van der Waals surface area (Å²) in [5, 5.41) is 2.84. The predicted octanol–water partition coefficient (Wildman–Crippen LogP) is 1.19. The zero-order valence-corrected chi connectivity index (χ0v) is 16.2. The minimum absolute atomic E-state index is 0.0789. The number of sulfonamides is 1. The molecule has 0 radical (unpaired) electrons. The van der Waals surface area contributed by atoms with E-state index in [1.165, 1.54) is 29.4 Å². The number of amides is 1. The van der Waals surface area contributed by atoms with E-state index >= 15 is 0 Å². The molecule has 7 nitrogen and oxygen atoms in total. The molecule has 1 amide bonds. The van der Waals surface area contributed by atoms with Crippen molar-refractivity contribution in [1.29, 1.82) is 0 Å². The summed E-state index contributed by atoms with van der Waals surface area (Å²) in [6.07, 6.45) is 2.23. The van der Waals surface area contributed by atoms with Crippen LogP contribution in [0.25, 0.3) is 0 Å². The Hall–Kier alpha value is -2.16. The van der Waals surface area contributed by atoms with Crippen LogP contribution in [-0.2, 0) is 23.6 Å². The second-order valence-electron chi connectivity index (χ2n) is 6.21. The highest BCUT2D eigenvalue weighted by molar-refractivity contribution is 7.89. The Morgan fingerprint density at radius 3 is 2.58 bits per heavy atom. The maximum Gasteiger partial charge on any atom is 0.267 e. The van der Waals surface area contributed by atoms with E-state index in [1.807, 2.05) is 25.2 Å². The van der Waals surface area contributed by atoms with E-state index in [4.69, 9.17) is 0 Å². The van der Waals surface area contributed by atoms with Crippen LogP contribution in [0.5, 0.6) is 0 Å². The number of carbonyl (C=O) groups excluding carboxylic acids is 1. The molecule has 142 valence electrons. The van der Waals surface area contributed by atoms with E-state index in [-0.39, 0.29) is 10.8 Å². The molecule has 2 aromatic rings. The summed E-state index contributed by atoms with van der Waals surface area (Å²) in [4.78, 5) is 14.5. The molecule has 0 atom stereocenters. The molecule has 1 aromatic carbocycles. The van der Waals surface area contributed by atoms with Gasteiger partial charge in [-0.25, -0.2) is 13.1 Å². The number of aromatic nitrogens is 1. The van der Waals surface area contributed by atoms with E-state index in [1.54, 1.807) is 7.05 Å². The number of rotatable bonds is 9. The third-order valence-electron chi connectivity index (χ3n) is 4.09. The largest absolute Gasteiger partial charge is 0.351 e. The maximum absolute atomic E-state index is 12.3. The van der Waals surface area contributed by atoms with Gasteiger partial charge in [0.1, 0.15) is 10.6 Å². The van der Waals surface area contributed by atoms with Crippen LogP contribution >= 0.6 is 0 Å². The Morgan fingerprint density at radius 2 is 1.92 bits per heavy atom. The monoisotopic (exact) mass is 378 g/mol. The van der Waals surface area contributed by atoms with Crippen molar-refractivity contribution in [3.63, 3.8) is 0 Å². The average molecular weight is 378 g/mol. The van der Waals surface area contributed by atoms with Crippen LogP contribution in [0, 0.1) is 0 Å². The van der Waals surface area contributed by atoms with Crippen LogP contribution in [0.3, 0.4) is 0 Å². The summed E-state index contributed by atoms with van der Waals surface area (Å²) in [5.41, 5.74) is 1.57. The third-order valence-corrected chi connectivity index (χ3v) is 5.47. The maximum atomic E-state index is 12.3. The lowest BCUT2D eigenvalue weighted by molar-refractivity contribution is 0.0943. The van der Waals surface area contributed by atoms with Crippen molar-refractivity contribution in [2.24, 2.45) is 7.05 Å². The first-order valence-electron chi connectivity index (χ1n) is 8.44. The van der Waals surface area contributed by atoms with Crippen molar-refractivity contribution in [3.05, 3.63) is 53.9 Å². The van der Waals surface area contributed by atoms with Crippen LogP contribution in [0.4, 0.5) is 0 Å². The lowest BCUT2D eigenvalue weighted by Crippen LogP contribution is -2.29. The number of carbonyl (C=O) groups is 1. The SMILES string of the molecule is CNS(=O)(=O)c1cc(C(=O)NCCCN(C)Cc2ccccc2)n(C)c1. The van der Waals surface area contributed by atoms with Crippen LogP contribution in [0.2, 0.25) is 0 Å². The van der Waals surface area contributed by atoms with Crippen LogP contribution in [-0.4, -0.2) is 51.0 Å². The van der Waals surface area contributed by atoms with Crippen LogP contribution in [0.1, 0.15) is 22.5 Å². The van der Waals surface area contributed by atoms with Crippen molar-refractivity contribution in [1.82, 2.24) is 19.5 Å². The fraction of sp³-hybridized carbons (Fsp3) is 0.389. The number of hydrogen-bond acceptors (Lipinski definition) is 4. The van der Waals surface area contributed by atoms with Gasteiger partial charge in [0.05, 0.1) is 0 Å². The van der Waals surface area contributed by atoms with Gasteiger partial charge in [-0.1, -0.05) is 30.3 Å². The van der Waals surface area contributed by atoms with Crippen molar-refractivity contribution in [2.75, 3.05) is 27.2 Å². The number of nitrogens with one attached hydrogen (secondary N) is 2. The van der Waals surface area contributed by atoms with Gasteiger partial charge in [-0.2, -0.15) is 0 Å². The van der Waals surface area contributed by atoms with Gasteiger partial charge in [-0.3, -0.25) is 4.79 Å². The summed E-state index contributed by atoms with van der Waals surface area (Å²) < 4.78 is 27.4. The Morgan fingerprint density at radius 1 is 1.23 bits per heavy atom. The molecule has 1 heterocycles. The van der Waals surface area contributed by atoms with Gasteiger partial charge in [0.25, 0.3) is 5.91 Å². The number of nitrogens with zero attached hydrogens (tertiary/aromatic N) is 2. The van der Waals surface area contributed by atoms with E-state index in [0.717, 1.165) is 19.5 Å². The molecule has 0 saturated heterocycles. The van der Waals surface area contributed by atoms with E-state index in [0.29, 0.717) is 12.2 Å². The quantitative estimate of drug-likeness (QED) is 0.642.